The number of rotatable bonds is 11. The van der Waals surface area contributed by atoms with E-state index in [4.69, 9.17) is 0 Å². The van der Waals surface area contributed by atoms with E-state index >= 15 is 0 Å². The number of aryl methyl sites for hydroxylation is 1. The van der Waals surface area contributed by atoms with Crippen molar-refractivity contribution in [1.82, 2.24) is 10.2 Å². The Hall–Kier alpha value is -2.57. The first kappa shape index (κ1) is 26.0. The van der Waals surface area contributed by atoms with Gasteiger partial charge in [-0.1, -0.05) is 88.2 Å². The van der Waals surface area contributed by atoms with Crippen molar-refractivity contribution in [3.05, 3.63) is 106 Å². The number of carbonyl (C=O) groups excluding carboxylic acids is 2. The summed E-state index contributed by atoms with van der Waals surface area (Å²) in [4.78, 5) is 28.4. The number of nitrogens with one attached hydrogen (secondary N) is 1. The molecule has 1 atom stereocenters. The number of likely N-dealkylation sites (N-methyl/N-ethyl adjacent to an activating group) is 1. The largest absolute Gasteiger partial charge is 0.355 e. The third-order valence-electron chi connectivity index (χ3n) is 5.47. The predicted molar refractivity (Wildman–Crippen MR) is 145 cm³/mol. The predicted octanol–water partition coefficient (Wildman–Crippen LogP) is 5.77. The molecule has 0 aliphatic carbocycles. The summed E-state index contributed by atoms with van der Waals surface area (Å²) in [6.45, 7) is 4.86. The molecule has 1 N–H and O–H groups in total. The molecule has 0 radical (unpaired) electrons. The van der Waals surface area contributed by atoms with Crippen LogP contribution in [0.1, 0.15) is 29.2 Å². The smallest absolute Gasteiger partial charge is 0.243 e. The van der Waals surface area contributed by atoms with Crippen LogP contribution in [0.3, 0.4) is 0 Å². The molecule has 6 heteroatoms. The van der Waals surface area contributed by atoms with Gasteiger partial charge in [-0.2, -0.15) is 0 Å². The Morgan fingerprint density at radius 3 is 2.32 bits per heavy atom. The zero-order valence-corrected chi connectivity index (χ0v) is 22.1. The Morgan fingerprint density at radius 2 is 1.65 bits per heavy atom. The third kappa shape index (κ3) is 8.03. The molecule has 0 saturated heterocycles. The number of amides is 2. The SMILES string of the molecule is CCNC(=O)[C@H](Cc1ccccc1)N(Cc1cccc(C)c1)C(=O)CSCc1ccc(Br)cc1. The summed E-state index contributed by atoms with van der Waals surface area (Å²) in [7, 11) is 0. The number of hydrogen-bond donors (Lipinski definition) is 1. The van der Waals surface area contributed by atoms with E-state index < -0.39 is 6.04 Å². The minimum atomic E-state index is -0.580. The van der Waals surface area contributed by atoms with Crippen LogP contribution in [0.5, 0.6) is 0 Å². The Bertz CT molecular complexity index is 1070. The molecule has 0 fully saturated rings. The van der Waals surface area contributed by atoms with Crippen LogP contribution in [0.4, 0.5) is 0 Å². The van der Waals surface area contributed by atoms with Crippen LogP contribution in [-0.4, -0.2) is 35.1 Å². The summed E-state index contributed by atoms with van der Waals surface area (Å²) in [5.41, 5.74) is 4.35. The Balaban J connectivity index is 1.81. The molecule has 34 heavy (non-hydrogen) atoms. The first-order valence-corrected chi connectivity index (χ1v) is 13.4. The molecule has 0 unspecified atom stereocenters. The van der Waals surface area contributed by atoms with Crippen molar-refractivity contribution in [3.8, 4) is 0 Å². The number of benzene rings is 3. The maximum atomic E-state index is 13.5. The van der Waals surface area contributed by atoms with Gasteiger partial charge in [0.25, 0.3) is 0 Å². The van der Waals surface area contributed by atoms with Crippen LogP contribution in [0.15, 0.2) is 83.3 Å². The normalized spacial score (nSPS) is 11.6. The van der Waals surface area contributed by atoms with Gasteiger partial charge in [-0.25, -0.2) is 0 Å². The van der Waals surface area contributed by atoms with Crippen molar-refractivity contribution in [2.24, 2.45) is 0 Å². The first-order chi connectivity index (χ1) is 16.5. The van der Waals surface area contributed by atoms with Gasteiger partial charge in [-0.15, -0.1) is 11.8 Å². The number of hydrogen-bond acceptors (Lipinski definition) is 3. The van der Waals surface area contributed by atoms with Gasteiger partial charge >= 0.3 is 0 Å². The molecule has 0 aliphatic heterocycles. The molecule has 178 valence electrons. The molecular formula is C28H31BrN2O2S. The fraction of sp³-hybridized carbons (Fsp3) is 0.286. The number of thioether (sulfide) groups is 1. The highest BCUT2D eigenvalue weighted by Crippen LogP contribution is 2.20. The summed E-state index contributed by atoms with van der Waals surface area (Å²) in [5.74, 6) is 0.898. The Kier molecular flexibility index (Phi) is 10.2. The molecular weight excluding hydrogens is 508 g/mol. The fourth-order valence-corrected chi connectivity index (χ4v) is 4.91. The highest BCUT2D eigenvalue weighted by molar-refractivity contribution is 9.10. The van der Waals surface area contributed by atoms with Crippen molar-refractivity contribution in [2.45, 2.75) is 38.6 Å². The lowest BCUT2D eigenvalue weighted by Gasteiger charge is -2.31. The standard InChI is InChI=1S/C28H31BrN2O2S/c1-3-30-28(33)26(17-22-9-5-4-6-10-22)31(18-24-11-7-8-21(2)16-24)27(32)20-34-19-23-12-14-25(29)15-13-23/h4-16,26H,3,17-20H2,1-2H3,(H,30,33)/t26-/m0/s1. The van der Waals surface area contributed by atoms with E-state index in [2.05, 4.69) is 39.4 Å². The van der Waals surface area contributed by atoms with Crippen molar-refractivity contribution < 1.29 is 9.59 Å². The van der Waals surface area contributed by atoms with Gasteiger partial charge in [-0.05, 0) is 42.7 Å². The lowest BCUT2D eigenvalue weighted by atomic mass is 10.0. The minimum Gasteiger partial charge on any atom is -0.355 e. The average molecular weight is 540 g/mol. The van der Waals surface area contributed by atoms with Crippen molar-refractivity contribution in [1.29, 1.82) is 0 Å². The summed E-state index contributed by atoms with van der Waals surface area (Å²) >= 11 is 5.03. The van der Waals surface area contributed by atoms with Crippen LogP contribution in [-0.2, 0) is 28.3 Å². The van der Waals surface area contributed by atoms with Gasteiger partial charge in [0.15, 0.2) is 0 Å². The molecule has 0 aliphatic rings. The monoisotopic (exact) mass is 538 g/mol. The summed E-state index contributed by atoms with van der Waals surface area (Å²) in [5, 5.41) is 2.94. The van der Waals surface area contributed by atoms with Crippen LogP contribution >= 0.6 is 27.7 Å². The van der Waals surface area contributed by atoms with Gasteiger partial charge < -0.3 is 10.2 Å². The maximum absolute atomic E-state index is 13.5. The third-order valence-corrected chi connectivity index (χ3v) is 6.98. The molecule has 0 heterocycles. The summed E-state index contributed by atoms with van der Waals surface area (Å²) in [6.07, 6.45) is 0.474. The van der Waals surface area contributed by atoms with E-state index in [9.17, 15) is 9.59 Å². The zero-order valence-electron chi connectivity index (χ0n) is 19.7. The number of halogens is 1. The van der Waals surface area contributed by atoms with E-state index in [1.54, 1.807) is 16.7 Å². The van der Waals surface area contributed by atoms with Crippen LogP contribution < -0.4 is 5.32 Å². The average Bonchev–Trinajstić information content (AvgIpc) is 2.83. The topological polar surface area (TPSA) is 49.4 Å². The van der Waals surface area contributed by atoms with Gasteiger partial charge in [0, 0.05) is 29.7 Å². The number of nitrogens with zero attached hydrogens (tertiary/aromatic N) is 1. The summed E-state index contributed by atoms with van der Waals surface area (Å²) < 4.78 is 1.03. The quantitative estimate of drug-likeness (QED) is 0.337. The van der Waals surface area contributed by atoms with E-state index in [0.29, 0.717) is 25.3 Å². The summed E-state index contributed by atoms with van der Waals surface area (Å²) in [6, 6.07) is 25.6. The molecule has 0 spiro atoms. The molecule has 0 aromatic heterocycles. The van der Waals surface area contributed by atoms with E-state index in [1.807, 2.05) is 74.5 Å². The van der Waals surface area contributed by atoms with Crippen LogP contribution in [0.25, 0.3) is 0 Å². The van der Waals surface area contributed by atoms with Crippen LogP contribution in [0.2, 0.25) is 0 Å². The van der Waals surface area contributed by atoms with Crippen LogP contribution in [0, 0.1) is 6.92 Å². The van der Waals surface area contributed by atoms with E-state index in [1.165, 1.54) is 0 Å². The zero-order chi connectivity index (χ0) is 24.3. The lowest BCUT2D eigenvalue weighted by molar-refractivity contribution is -0.139. The van der Waals surface area contributed by atoms with E-state index in [-0.39, 0.29) is 11.8 Å². The second-order valence-electron chi connectivity index (χ2n) is 8.23. The highest BCUT2D eigenvalue weighted by Gasteiger charge is 2.30. The molecule has 4 nitrogen and oxygen atoms in total. The molecule has 0 saturated carbocycles. The van der Waals surface area contributed by atoms with Gasteiger partial charge in [0.2, 0.25) is 11.8 Å². The Morgan fingerprint density at radius 1 is 0.941 bits per heavy atom. The van der Waals surface area contributed by atoms with Crippen molar-refractivity contribution in [2.75, 3.05) is 12.3 Å². The molecule has 2 amide bonds. The second-order valence-corrected chi connectivity index (χ2v) is 10.1. The fourth-order valence-electron chi connectivity index (χ4n) is 3.77. The molecule has 3 aromatic carbocycles. The molecule has 0 bridgehead atoms. The molecule has 3 aromatic rings. The second kappa shape index (κ2) is 13.4. The Labute approximate surface area is 215 Å². The number of carbonyl (C=O) groups is 2. The maximum Gasteiger partial charge on any atom is 0.243 e. The molecule has 3 rings (SSSR count). The van der Waals surface area contributed by atoms with Crippen molar-refractivity contribution in [3.63, 3.8) is 0 Å². The van der Waals surface area contributed by atoms with Gasteiger partial charge in [0.1, 0.15) is 6.04 Å². The lowest BCUT2D eigenvalue weighted by Crippen LogP contribution is -2.51. The van der Waals surface area contributed by atoms with Crippen molar-refractivity contribution >= 4 is 39.5 Å². The van der Waals surface area contributed by atoms with E-state index in [0.717, 1.165) is 32.5 Å². The highest BCUT2D eigenvalue weighted by atomic mass is 79.9. The van der Waals surface area contributed by atoms with Gasteiger partial charge in [0.05, 0.1) is 5.75 Å². The first-order valence-electron chi connectivity index (χ1n) is 11.4. The minimum absolute atomic E-state index is 0.0317. The van der Waals surface area contributed by atoms with Gasteiger partial charge in [-0.3, -0.25) is 9.59 Å².